The number of hydrogen-bond acceptors (Lipinski definition) is 4. The second-order valence-corrected chi connectivity index (χ2v) is 6.66. The van der Waals surface area contributed by atoms with Gasteiger partial charge >= 0.3 is 0 Å². The molecule has 1 heterocycles. The summed E-state index contributed by atoms with van der Waals surface area (Å²) < 4.78 is 5.63. The third-order valence-electron chi connectivity index (χ3n) is 3.99. The third-order valence-corrected chi connectivity index (χ3v) is 4.41. The van der Waals surface area contributed by atoms with Gasteiger partial charge in [-0.25, -0.2) is 0 Å². The molecule has 7 nitrogen and oxygen atoms in total. The van der Waals surface area contributed by atoms with E-state index in [1.54, 1.807) is 24.3 Å². The zero-order valence-corrected chi connectivity index (χ0v) is 16.0. The predicted octanol–water partition coefficient (Wildman–Crippen LogP) is 2.92. The Morgan fingerprint density at radius 1 is 1.19 bits per heavy atom. The fourth-order valence-electron chi connectivity index (χ4n) is 2.32. The number of nitrogens with one attached hydrogen (secondary N) is 2. The van der Waals surface area contributed by atoms with Crippen LogP contribution in [0, 0.1) is 5.92 Å². The Bertz CT molecular complexity index is 818. The molecule has 0 aliphatic rings. The molecule has 26 heavy (non-hydrogen) atoms. The van der Waals surface area contributed by atoms with E-state index >= 15 is 0 Å². The first-order valence-corrected chi connectivity index (χ1v) is 8.88. The Balaban J connectivity index is 2.11. The normalized spacial score (nSPS) is 12.9. The second kappa shape index (κ2) is 8.66. The highest BCUT2D eigenvalue weighted by atomic mass is 79.9. The molecule has 0 saturated carbocycles. The van der Waals surface area contributed by atoms with E-state index in [-0.39, 0.29) is 11.7 Å². The van der Waals surface area contributed by atoms with Crippen LogP contribution in [0.15, 0.2) is 45.5 Å². The van der Waals surface area contributed by atoms with E-state index < -0.39 is 23.8 Å². The molecule has 138 valence electrons. The smallest absolute Gasteiger partial charge is 0.291 e. The van der Waals surface area contributed by atoms with E-state index in [1.165, 1.54) is 12.1 Å². The summed E-state index contributed by atoms with van der Waals surface area (Å²) >= 11 is 3.13. The van der Waals surface area contributed by atoms with Crippen LogP contribution in [0.3, 0.4) is 0 Å². The van der Waals surface area contributed by atoms with Gasteiger partial charge in [-0.3, -0.25) is 14.4 Å². The van der Waals surface area contributed by atoms with Crippen molar-refractivity contribution in [1.82, 2.24) is 5.32 Å². The van der Waals surface area contributed by atoms with Crippen molar-refractivity contribution in [3.8, 4) is 0 Å². The van der Waals surface area contributed by atoms with Crippen LogP contribution in [0.1, 0.15) is 41.2 Å². The Morgan fingerprint density at radius 2 is 1.92 bits per heavy atom. The van der Waals surface area contributed by atoms with Crippen LogP contribution in [0.5, 0.6) is 0 Å². The van der Waals surface area contributed by atoms with E-state index in [4.69, 9.17) is 10.2 Å². The SMILES string of the molecule is CCC(C)C(NC(=O)c1cccc(NC(=O)c2ccc(Br)o2)c1)C(N)=O. The number of hydrogen-bond donors (Lipinski definition) is 3. The van der Waals surface area contributed by atoms with Crippen molar-refractivity contribution in [3.63, 3.8) is 0 Å². The summed E-state index contributed by atoms with van der Waals surface area (Å²) in [6, 6.07) is 8.75. The number of anilines is 1. The van der Waals surface area contributed by atoms with Crippen LogP contribution < -0.4 is 16.4 Å². The van der Waals surface area contributed by atoms with Gasteiger partial charge in [0, 0.05) is 11.3 Å². The number of primary amides is 1. The van der Waals surface area contributed by atoms with E-state index in [9.17, 15) is 14.4 Å². The number of halogens is 1. The zero-order valence-electron chi connectivity index (χ0n) is 14.4. The average molecular weight is 422 g/mol. The summed E-state index contributed by atoms with van der Waals surface area (Å²) in [7, 11) is 0. The summed E-state index contributed by atoms with van der Waals surface area (Å²) in [5.74, 6) is -1.41. The number of carbonyl (C=O) groups is 3. The lowest BCUT2D eigenvalue weighted by atomic mass is 9.98. The highest BCUT2D eigenvalue weighted by Crippen LogP contribution is 2.17. The molecule has 4 N–H and O–H groups in total. The maximum atomic E-state index is 12.4. The van der Waals surface area contributed by atoms with Gasteiger partial charge in [-0.1, -0.05) is 26.3 Å². The molecule has 8 heteroatoms. The summed E-state index contributed by atoms with van der Waals surface area (Å²) in [6.45, 7) is 3.75. The first-order valence-electron chi connectivity index (χ1n) is 8.08. The molecule has 0 aliphatic carbocycles. The highest BCUT2D eigenvalue weighted by molar-refractivity contribution is 9.10. The molecule has 2 atom stereocenters. The molecule has 3 amide bonds. The zero-order chi connectivity index (χ0) is 19.3. The van der Waals surface area contributed by atoms with Crippen molar-refractivity contribution in [2.45, 2.75) is 26.3 Å². The van der Waals surface area contributed by atoms with Crippen molar-refractivity contribution < 1.29 is 18.8 Å². The standard InChI is InChI=1S/C18H20BrN3O4/c1-3-10(2)15(16(20)23)22-17(24)11-5-4-6-12(9-11)21-18(25)13-7-8-14(19)26-13/h4-10,15H,3H2,1-2H3,(H2,20,23)(H,21,25)(H,22,24). The number of carbonyl (C=O) groups excluding carboxylic acids is 3. The van der Waals surface area contributed by atoms with Gasteiger partial charge in [0.1, 0.15) is 6.04 Å². The lowest BCUT2D eigenvalue weighted by Crippen LogP contribution is -2.48. The van der Waals surface area contributed by atoms with Gasteiger partial charge < -0.3 is 20.8 Å². The van der Waals surface area contributed by atoms with Gasteiger partial charge in [0.15, 0.2) is 10.4 Å². The lowest BCUT2D eigenvalue weighted by molar-refractivity contribution is -0.120. The van der Waals surface area contributed by atoms with Crippen LogP contribution in [0.25, 0.3) is 0 Å². The molecule has 2 aromatic rings. The molecule has 2 unspecified atom stereocenters. The van der Waals surface area contributed by atoms with Gasteiger partial charge in [0.2, 0.25) is 5.91 Å². The molecular weight excluding hydrogens is 402 g/mol. The van der Waals surface area contributed by atoms with E-state index in [0.717, 1.165) is 0 Å². The Labute approximate surface area is 159 Å². The fourth-order valence-corrected chi connectivity index (χ4v) is 2.63. The topological polar surface area (TPSA) is 114 Å². The maximum absolute atomic E-state index is 12.4. The molecule has 0 radical (unpaired) electrons. The van der Waals surface area contributed by atoms with Crippen molar-refractivity contribution >= 4 is 39.3 Å². The highest BCUT2D eigenvalue weighted by Gasteiger charge is 2.24. The average Bonchev–Trinajstić information content (AvgIpc) is 3.05. The maximum Gasteiger partial charge on any atom is 0.291 e. The van der Waals surface area contributed by atoms with E-state index in [1.807, 2.05) is 13.8 Å². The molecule has 1 aromatic carbocycles. The first kappa shape index (κ1) is 19.7. The molecule has 0 fully saturated rings. The monoisotopic (exact) mass is 421 g/mol. The van der Waals surface area contributed by atoms with Gasteiger partial charge in [0.05, 0.1) is 0 Å². The molecule has 0 bridgehead atoms. The Hall–Kier alpha value is -2.61. The number of rotatable bonds is 7. The summed E-state index contributed by atoms with van der Waals surface area (Å²) in [4.78, 5) is 36.1. The van der Waals surface area contributed by atoms with Crippen molar-refractivity contribution in [1.29, 1.82) is 0 Å². The number of furan rings is 1. The summed E-state index contributed by atoms with van der Waals surface area (Å²) in [5.41, 5.74) is 6.11. The van der Waals surface area contributed by atoms with Crippen molar-refractivity contribution in [2.24, 2.45) is 11.7 Å². The Kier molecular flexibility index (Phi) is 6.57. The van der Waals surface area contributed by atoms with Gasteiger partial charge in [0.25, 0.3) is 11.8 Å². The number of nitrogens with two attached hydrogens (primary N) is 1. The molecule has 0 spiro atoms. The molecule has 0 saturated heterocycles. The summed E-state index contributed by atoms with van der Waals surface area (Å²) in [6.07, 6.45) is 0.697. The molecular formula is C18H20BrN3O4. The first-order chi connectivity index (χ1) is 12.3. The van der Waals surface area contributed by atoms with Crippen LogP contribution in [-0.2, 0) is 4.79 Å². The van der Waals surface area contributed by atoms with Crippen LogP contribution >= 0.6 is 15.9 Å². The lowest BCUT2D eigenvalue weighted by Gasteiger charge is -2.21. The minimum Gasteiger partial charge on any atom is -0.444 e. The molecule has 2 rings (SSSR count). The van der Waals surface area contributed by atoms with Gasteiger partial charge in [-0.05, 0) is 52.2 Å². The van der Waals surface area contributed by atoms with Crippen LogP contribution in [0.2, 0.25) is 0 Å². The number of amides is 3. The number of benzene rings is 1. The van der Waals surface area contributed by atoms with Gasteiger partial charge in [-0.15, -0.1) is 0 Å². The fraction of sp³-hybridized carbons (Fsp3) is 0.278. The van der Waals surface area contributed by atoms with E-state index in [2.05, 4.69) is 26.6 Å². The minimum absolute atomic E-state index is 0.0864. The quantitative estimate of drug-likeness (QED) is 0.637. The summed E-state index contributed by atoms with van der Waals surface area (Å²) in [5, 5.41) is 5.30. The molecule has 0 aliphatic heterocycles. The minimum atomic E-state index is -0.758. The van der Waals surface area contributed by atoms with Crippen molar-refractivity contribution in [2.75, 3.05) is 5.32 Å². The van der Waals surface area contributed by atoms with Gasteiger partial charge in [-0.2, -0.15) is 0 Å². The van der Waals surface area contributed by atoms with E-state index in [0.29, 0.717) is 22.3 Å². The Morgan fingerprint density at radius 3 is 2.50 bits per heavy atom. The third kappa shape index (κ3) is 4.95. The van der Waals surface area contributed by atoms with Crippen molar-refractivity contribution in [3.05, 3.63) is 52.4 Å². The molecule has 1 aromatic heterocycles. The van der Waals surface area contributed by atoms with Crippen LogP contribution in [0.4, 0.5) is 5.69 Å². The second-order valence-electron chi connectivity index (χ2n) is 5.88. The van der Waals surface area contributed by atoms with Crippen LogP contribution in [-0.4, -0.2) is 23.8 Å². The largest absolute Gasteiger partial charge is 0.444 e. The predicted molar refractivity (Wildman–Crippen MR) is 101 cm³/mol.